The van der Waals surface area contributed by atoms with Crippen LogP contribution in [0.3, 0.4) is 0 Å². The number of carbonyl (C=O) groups excluding carboxylic acids is 1. The van der Waals surface area contributed by atoms with Crippen LogP contribution >= 0.6 is 0 Å². The number of ketones is 1. The topological polar surface area (TPSA) is 82.5 Å². The zero-order valence-corrected chi connectivity index (χ0v) is 14.8. The third kappa shape index (κ3) is 2.13. The Morgan fingerprint density at radius 3 is 2.92 bits per heavy atom. The van der Waals surface area contributed by atoms with Crippen LogP contribution in [0.2, 0.25) is 0 Å². The molecule has 0 spiro atoms. The molecule has 7 nitrogen and oxygen atoms in total. The molecule has 0 aromatic carbocycles. The molecular formula is C19H18N4O3. The molecule has 0 amide bonds. The number of aromatic nitrogens is 4. The molecule has 4 heterocycles. The second-order valence-corrected chi connectivity index (χ2v) is 7.72. The van der Waals surface area contributed by atoms with Crippen molar-refractivity contribution < 1.29 is 13.9 Å². The number of nitrogens with zero attached hydrogens (tertiary/aromatic N) is 4. The van der Waals surface area contributed by atoms with E-state index in [-0.39, 0.29) is 17.1 Å². The number of rotatable bonds is 1. The Morgan fingerprint density at radius 1 is 1.31 bits per heavy atom. The first-order valence-corrected chi connectivity index (χ1v) is 8.62. The Labute approximate surface area is 149 Å². The lowest BCUT2D eigenvalue weighted by atomic mass is 9.71. The van der Waals surface area contributed by atoms with Gasteiger partial charge in [0.15, 0.2) is 11.4 Å². The van der Waals surface area contributed by atoms with Crippen LogP contribution in [0.15, 0.2) is 40.5 Å². The maximum atomic E-state index is 13.1. The summed E-state index contributed by atoms with van der Waals surface area (Å²) < 4.78 is 13.4. The molecule has 0 fully saturated rings. The van der Waals surface area contributed by atoms with Gasteiger partial charge in [0.2, 0.25) is 5.88 Å². The van der Waals surface area contributed by atoms with Crippen LogP contribution in [-0.4, -0.2) is 25.4 Å². The van der Waals surface area contributed by atoms with Crippen LogP contribution in [0.25, 0.3) is 5.65 Å². The van der Waals surface area contributed by atoms with Crippen molar-refractivity contribution in [3.8, 4) is 5.88 Å². The highest BCUT2D eigenvalue weighted by molar-refractivity contribution is 6.00. The highest BCUT2D eigenvalue weighted by atomic mass is 16.5. The van der Waals surface area contributed by atoms with E-state index >= 15 is 0 Å². The standard InChI is InChI=1S/C19H18N4O3/c1-10-21-17-16-15(12-5-4-6-25-12)14-11(24)7-19(2,3)8-13(14)26-18(16)20-9-23(17)22-10/h4-6,9,15H,7-8H2,1-3H3. The maximum Gasteiger partial charge on any atom is 0.228 e. The van der Waals surface area contributed by atoms with Crippen LogP contribution in [0.5, 0.6) is 5.88 Å². The monoisotopic (exact) mass is 350 g/mol. The fourth-order valence-corrected chi connectivity index (χ4v) is 3.99. The summed E-state index contributed by atoms with van der Waals surface area (Å²) >= 11 is 0. The number of Topliss-reactive ketones (excluding diaryl/α,β-unsaturated/α-hetero) is 1. The lowest BCUT2D eigenvalue weighted by molar-refractivity contribution is -0.118. The Bertz CT molecular complexity index is 1080. The van der Waals surface area contributed by atoms with Crippen molar-refractivity contribution in [2.45, 2.75) is 39.5 Å². The van der Waals surface area contributed by atoms with E-state index in [1.165, 1.54) is 0 Å². The summed E-state index contributed by atoms with van der Waals surface area (Å²) in [6, 6.07) is 3.70. The largest absolute Gasteiger partial charge is 0.468 e. The number of hydrogen-bond acceptors (Lipinski definition) is 6. The number of fused-ring (bicyclic) bond motifs is 3. The van der Waals surface area contributed by atoms with E-state index in [0.717, 1.165) is 5.56 Å². The molecule has 1 aliphatic carbocycles. The molecule has 0 bridgehead atoms. The lowest BCUT2D eigenvalue weighted by Gasteiger charge is -2.36. The number of ether oxygens (including phenoxy) is 1. The van der Waals surface area contributed by atoms with E-state index in [9.17, 15) is 4.79 Å². The Morgan fingerprint density at radius 2 is 2.15 bits per heavy atom. The predicted molar refractivity (Wildman–Crippen MR) is 91.7 cm³/mol. The highest BCUT2D eigenvalue weighted by Gasteiger charge is 2.44. The van der Waals surface area contributed by atoms with Crippen molar-refractivity contribution in [3.05, 3.63) is 53.2 Å². The van der Waals surface area contributed by atoms with Crippen molar-refractivity contribution in [2.75, 3.05) is 0 Å². The van der Waals surface area contributed by atoms with Crippen molar-refractivity contribution in [2.24, 2.45) is 5.41 Å². The van der Waals surface area contributed by atoms with E-state index < -0.39 is 0 Å². The van der Waals surface area contributed by atoms with Crippen LogP contribution in [0.4, 0.5) is 0 Å². The summed E-state index contributed by atoms with van der Waals surface area (Å²) in [5, 5.41) is 4.34. The predicted octanol–water partition coefficient (Wildman–Crippen LogP) is 3.19. The Kier molecular flexibility index (Phi) is 2.96. The second kappa shape index (κ2) is 5.03. The first-order valence-electron chi connectivity index (χ1n) is 8.62. The zero-order valence-electron chi connectivity index (χ0n) is 14.8. The quantitative estimate of drug-likeness (QED) is 0.670. The number of furan rings is 1. The van der Waals surface area contributed by atoms with E-state index in [0.29, 0.717) is 47.3 Å². The van der Waals surface area contributed by atoms with Crippen LogP contribution in [-0.2, 0) is 4.79 Å². The van der Waals surface area contributed by atoms with Crippen LogP contribution in [0, 0.1) is 12.3 Å². The third-order valence-corrected chi connectivity index (χ3v) is 5.00. The van der Waals surface area contributed by atoms with E-state index in [1.807, 2.05) is 19.1 Å². The number of allylic oxidation sites excluding steroid dienone is 2. The summed E-state index contributed by atoms with van der Waals surface area (Å²) in [6.07, 6.45) is 4.37. The van der Waals surface area contributed by atoms with Gasteiger partial charge in [-0.3, -0.25) is 4.79 Å². The van der Waals surface area contributed by atoms with Gasteiger partial charge in [0.05, 0.1) is 17.7 Å². The number of hydrogen-bond donors (Lipinski definition) is 0. The zero-order chi connectivity index (χ0) is 18.1. The molecule has 2 aliphatic rings. The minimum absolute atomic E-state index is 0.0848. The molecular weight excluding hydrogens is 332 g/mol. The van der Waals surface area contributed by atoms with Crippen molar-refractivity contribution in [1.29, 1.82) is 0 Å². The molecule has 26 heavy (non-hydrogen) atoms. The van der Waals surface area contributed by atoms with Gasteiger partial charge in [-0.2, -0.15) is 5.10 Å². The second-order valence-electron chi connectivity index (χ2n) is 7.72. The molecule has 5 rings (SSSR count). The minimum Gasteiger partial charge on any atom is -0.468 e. The van der Waals surface area contributed by atoms with Crippen molar-refractivity contribution in [3.63, 3.8) is 0 Å². The molecule has 1 atom stereocenters. The molecule has 3 aromatic heterocycles. The fourth-order valence-electron chi connectivity index (χ4n) is 3.99. The molecule has 1 aliphatic heterocycles. The average molecular weight is 350 g/mol. The lowest BCUT2D eigenvalue weighted by Crippen LogP contribution is -2.33. The Balaban J connectivity index is 1.81. The van der Waals surface area contributed by atoms with Gasteiger partial charge in [0.1, 0.15) is 23.7 Å². The Hall–Kier alpha value is -2.96. The summed E-state index contributed by atoms with van der Waals surface area (Å²) in [4.78, 5) is 22.0. The molecule has 1 unspecified atom stereocenters. The minimum atomic E-state index is -0.382. The molecule has 0 saturated carbocycles. The van der Waals surface area contributed by atoms with Gasteiger partial charge >= 0.3 is 0 Å². The van der Waals surface area contributed by atoms with Gasteiger partial charge in [0.25, 0.3) is 0 Å². The van der Waals surface area contributed by atoms with E-state index in [2.05, 4.69) is 28.9 Å². The van der Waals surface area contributed by atoms with Crippen molar-refractivity contribution in [1.82, 2.24) is 19.6 Å². The molecule has 0 radical (unpaired) electrons. The third-order valence-electron chi connectivity index (χ3n) is 5.00. The summed E-state index contributed by atoms with van der Waals surface area (Å²) in [5.41, 5.74) is 1.88. The summed E-state index contributed by atoms with van der Waals surface area (Å²) in [6.45, 7) is 5.98. The SMILES string of the molecule is Cc1nc2c3c(ncn2n1)OC1=C(C(=O)CC(C)(C)C1)C3c1ccco1. The number of aryl methyl sites for hydroxylation is 1. The van der Waals surface area contributed by atoms with Gasteiger partial charge in [0, 0.05) is 18.4 Å². The number of carbonyl (C=O) groups is 1. The highest BCUT2D eigenvalue weighted by Crippen LogP contribution is 2.50. The average Bonchev–Trinajstić information content (AvgIpc) is 3.19. The molecule has 132 valence electrons. The molecule has 7 heteroatoms. The maximum absolute atomic E-state index is 13.1. The first kappa shape index (κ1) is 15.3. The molecule has 0 N–H and O–H groups in total. The van der Waals surface area contributed by atoms with E-state index in [1.54, 1.807) is 17.1 Å². The van der Waals surface area contributed by atoms with Crippen LogP contribution < -0.4 is 4.74 Å². The van der Waals surface area contributed by atoms with Gasteiger partial charge in [-0.15, -0.1) is 0 Å². The van der Waals surface area contributed by atoms with Gasteiger partial charge in [-0.1, -0.05) is 13.8 Å². The molecule has 3 aromatic rings. The molecule has 0 saturated heterocycles. The van der Waals surface area contributed by atoms with Gasteiger partial charge in [-0.25, -0.2) is 14.5 Å². The van der Waals surface area contributed by atoms with Gasteiger partial charge in [-0.05, 0) is 24.5 Å². The summed E-state index contributed by atoms with van der Waals surface area (Å²) in [7, 11) is 0. The fraction of sp³-hybridized carbons (Fsp3) is 0.368. The van der Waals surface area contributed by atoms with Crippen molar-refractivity contribution >= 4 is 11.4 Å². The smallest absolute Gasteiger partial charge is 0.228 e. The first-order chi connectivity index (χ1) is 12.4. The van der Waals surface area contributed by atoms with Gasteiger partial charge < -0.3 is 9.15 Å². The normalized spacial score (nSPS) is 21.5. The van der Waals surface area contributed by atoms with E-state index in [4.69, 9.17) is 9.15 Å². The van der Waals surface area contributed by atoms with Crippen LogP contribution in [0.1, 0.15) is 49.8 Å². The summed E-state index contributed by atoms with van der Waals surface area (Å²) in [5.74, 6) is 2.18.